The summed E-state index contributed by atoms with van der Waals surface area (Å²) in [6.07, 6.45) is -1.72. The zero-order valence-electron chi connectivity index (χ0n) is 19.5. The van der Waals surface area contributed by atoms with Crippen LogP contribution in [0.15, 0.2) is 65.8 Å². The third-order valence-corrected chi connectivity index (χ3v) is 8.42. The highest BCUT2D eigenvalue weighted by Crippen LogP contribution is 2.33. The van der Waals surface area contributed by atoms with Gasteiger partial charge in [-0.1, -0.05) is 29.3 Å². The lowest BCUT2D eigenvalue weighted by Crippen LogP contribution is -2.49. The van der Waals surface area contributed by atoms with Crippen LogP contribution in [0.25, 0.3) is 10.9 Å². The molecule has 0 aliphatic carbocycles. The van der Waals surface area contributed by atoms with E-state index in [4.69, 9.17) is 23.2 Å². The van der Waals surface area contributed by atoms with Crippen molar-refractivity contribution in [2.24, 2.45) is 0 Å². The van der Waals surface area contributed by atoms with Crippen molar-refractivity contribution in [3.8, 4) is 0 Å². The van der Waals surface area contributed by atoms with Crippen LogP contribution in [0.4, 0.5) is 30.4 Å². The maximum Gasteiger partial charge on any atom is 0.416 e. The smallest absolute Gasteiger partial charge is 0.355 e. The fourth-order valence-electron chi connectivity index (χ4n) is 4.13. The van der Waals surface area contributed by atoms with Crippen LogP contribution in [0.3, 0.4) is 0 Å². The Morgan fingerprint density at radius 3 is 2.32 bits per heavy atom. The first-order chi connectivity index (χ1) is 18.0. The van der Waals surface area contributed by atoms with Crippen LogP contribution in [-0.2, 0) is 16.2 Å². The fourth-order valence-corrected chi connectivity index (χ4v) is 5.90. The number of nitrogens with zero attached hydrogens (tertiary/aromatic N) is 5. The quantitative estimate of drug-likeness (QED) is 0.327. The molecule has 4 aromatic rings. The minimum Gasteiger partial charge on any atom is -0.355 e. The molecule has 3 heterocycles. The topological polar surface area (TPSA) is 91.3 Å². The van der Waals surface area contributed by atoms with Gasteiger partial charge in [0.2, 0.25) is 10.0 Å². The van der Waals surface area contributed by atoms with Crippen molar-refractivity contribution < 1.29 is 21.6 Å². The Hall–Kier alpha value is -3.19. The number of aromatic nitrogens is 3. The van der Waals surface area contributed by atoms with E-state index in [0.717, 1.165) is 12.1 Å². The van der Waals surface area contributed by atoms with E-state index in [1.807, 2.05) is 4.90 Å². The van der Waals surface area contributed by atoms with E-state index in [-0.39, 0.29) is 33.8 Å². The van der Waals surface area contributed by atoms with Crippen LogP contribution in [0.2, 0.25) is 10.3 Å². The lowest BCUT2D eigenvalue weighted by atomic mass is 10.1. The predicted octanol–water partition coefficient (Wildman–Crippen LogP) is 5.60. The van der Waals surface area contributed by atoms with Gasteiger partial charge >= 0.3 is 6.18 Å². The maximum atomic E-state index is 13.2. The summed E-state index contributed by atoms with van der Waals surface area (Å²) >= 11 is 12.0. The summed E-state index contributed by atoms with van der Waals surface area (Å²) in [5, 5.41) is 4.01. The molecular weight excluding hydrogens is 564 g/mol. The number of pyridine rings is 1. The molecule has 0 atom stereocenters. The van der Waals surface area contributed by atoms with Crippen LogP contribution < -0.4 is 10.2 Å². The molecule has 198 valence electrons. The van der Waals surface area contributed by atoms with Gasteiger partial charge in [-0.2, -0.15) is 17.5 Å². The van der Waals surface area contributed by atoms with E-state index < -0.39 is 21.8 Å². The lowest BCUT2D eigenvalue weighted by Gasteiger charge is -2.34. The highest BCUT2D eigenvalue weighted by molar-refractivity contribution is 7.89. The minimum atomic E-state index is -4.47. The van der Waals surface area contributed by atoms with E-state index in [1.165, 1.54) is 34.9 Å². The molecule has 1 saturated heterocycles. The molecule has 0 unspecified atom stereocenters. The Labute approximate surface area is 226 Å². The third kappa shape index (κ3) is 5.35. The first-order valence-electron chi connectivity index (χ1n) is 11.3. The number of benzene rings is 2. The molecule has 38 heavy (non-hydrogen) atoms. The second-order valence-electron chi connectivity index (χ2n) is 8.44. The van der Waals surface area contributed by atoms with Crippen molar-refractivity contribution >= 4 is 61.3 Å². The summed E-state index contributed by atoms with van der Waals surface area (Å²) in [6, 6.07) is 11.1. The fraction of sp³-hybridized carbons (Fsp3) is 0.208. The average molecular weight is 583 g/mol. The second-order valence-corrected chi connectivity index (χ2v) is 11.1. The Morgan fingerprint density at radius 1 is 0.921 bits per heavy atom. The molecule has 8 nitrogen and oxygen atoms in total. The van der Waals surface area contributed by atoms with Crippen LogP contribution in [0.1, 0.15) is 5.56 Å². The normalized spacial score (nSPS) is 15.1. The number of anilines is 3. The number of nitrogens with one attached hydrogen (secondary N) is 1. The van der Waals surface area contributed by atoms with Gasteiger partial charge in [0.1, 0.15) is 5.15 Å². The van der Waals surface area contributed by atoms with Gasteiger partial charge in [-0.15, -0.1) is 0 Å². The van der Waals surface area contributed by atoms with E-state index in [9.17, 15) is 21.6 Å². The second kappa shape index (κ2) is 10.2. The van der Waals surface area contributed by atoms with Crippen molar-refractivity contribution in [2.75, 3.05) is 36.4 Å². The first kappa shape index (κ1) is 26.4. The zero-order chi connectivity index (χ0) is 27.1. The summed E-state index contributed by atoms with van der Waals surface area (Å²) in [4.78, 5) is 14.2. The van der Waals surface area contributed by atoms with Crippen LogP contribution in [0.5, 0.6) is 0 Å². The SMILES string of the molecule is O=S(=O)(c1ccc(Nc2ccnc3cc(C(F)(F)F)ccc23)cc1)N1CCN(c2nc(Cl)cnc2Cl)CC1. The van der Waals surface area contributed by atoms with E-state index in [0.29, 0.717) is 35.7 Å². The van der Waals surface area contributed by atoms with Crippen LogP contribution >= 0.6 is 23.2 Å². The largest absolute Gasteiger partial charge is 0.416 e. The molecular formula is C24H19Cl2F3N6O2S. The Bertz CT molecular complexity index is 1600. The standard InChI is InChI=1S/C24H19Cl2F3N6O2S/c25-21-14-31-22(26)23(33-21)34-9-11-35(12-10-34)38(36,37)17-4-2-16(3-5-17)32-19-7-8-30-20-13-15(24(27,28)29)1-6-18(19)20/h1-8,13-14H,9-12H2,(H,30,32). The summed E-state index contributed by atoms with van der Waals surface area (Å²) in [5.41, 5.74) is 0.510. The molecule has 0 amide bonds. The molecule has 0 spiro atoms. The highest BCUT2D eigenvalue weighted by atomic mass is 35.5. The van der Waals surface area contributed by atoms with Gasteiger partial charge in [0.05, 0.1) is 22.2 Å². The summed E-state index contributed by atoms with van der Waals surface area (Å²) in [7, 11) is -3.76. The van der Waals surface area contributed by atoms with Gasteiger partial charge in [0.25, 0.3) is 0 Å². The van der Waals surface area contributed by atoms with Gasteiger partial charge in [-0.3, -0.25) is 4.98 Å². The van der Waals surface area contributed by atoms with E-state index >= 15 is 0 Å². The Morgan fingerprint density at radius 2 is 1.63 bits per heavy atom. The lowest BCUT2D eigenvalue weighted by molar-refractivity contribution is -0.137. The number of hydrogen-bond acceptors (Lipinski definition) is 7. The van der Waals surface area contributed by atoms with Crippen molar-refractivity contribution in [1.82, 2.24) is 19.3 Å². The van der Waals surface area contributed by atoms with Gasteiger partial charge < -0.3 is 10.2 Å². The van der Waals surface area contributed by atoms with Crippen molar-refractivity contribution in [2.45, 2.75) is 11.1 Å². The van der Waals surface area contributed by atoms with Gasteiger partial charge in [0, 0.05) is 49.1 Å². The number of alkyl halides is 3. The molecule has 2 aromatic heterocycles. The number of hydrogen-bond donors (Lipinski definition) is 1. The molecule has 0 saturated carbocycles. The molecule has 0 radical (unpaired) electrons. The van der Waals surface area contributed by atoms with Gasteiger partial charge in [-0.05, 0) is 42.5 Å². The molecule has 1 aliphatic rings. The summed E-state index contributed by atoms with van der Waals surface area (Å²) < 4.78 is 67.0. The van der Waals surface area contributed by atoms with Crippen molar-refractivity contribution in [1.29, 1.82) is 0 Å². The van der Waals surface area contributed by atoms with Crippen molar-refractivity contribution in [3.05, 3.63) is 76.8 Å². The molecule has 2 aromatic carbocycles. The molecule has 0 bridgehead atoms. The maximum absolute atomic E-state index is 13.2. The number of rotatable bonds is 5. The Balaban J connectivity index is 1.29. The minimum absolute atomic E-state index is 0.117. The monoisotopic (exact) mass is 582 g/mol. The molecule has 1 N–H and O–H groups in total. The van der Waals surface area contributed by atoms with Crippen LogP contribution in [0, 0.1) is 0 Å². The van der Waals surface area contributed by atoms with E-state index in [2.05, 4.69) is 20.3 Å². The molecule has 1 fully saturated rings. The predicted molar refractivity (Wildman–Crippen MR) is 139 cm³/mol. The first-order valence-corrected chi connectivity index (χ1v) is 13.5. The molecule has 14 heteroatoms. The number of halogens is 5. The number of fused-ring (bicyclic) bond motifs is 1. The summed E-state index contributed by atoms with van der Waals surface area (Å²) in [6.45, 7) is 1.16. The Kier molecular flexibility index (Phi) is 7.07. The zero-order valence-corrected chi connectivity index (χ0v) is 21.8. The average Bonchev–Trinajstić information content (AvgIpc) is 2.90. The van der Waals surface area contributed by atoms with Gasteiger partial charge in [0.15, 0.2) is 11.0 Å². The van der Waals surface area contributed by atoms with E-state index in [1.54, 1.807) is 18.2 Å². The highest BCUT2D eigenvalue weighted by Gasteiger charge is 2.31. The van der Waals surface area contributed by atoms with Crippen molar-refractivity contribution in [3.63, 3.8) is 0 Å². The van der Waals surface area contributed by atoms with Crippen LogP contribution in [-0.4, -0.2) is 53.9 Å². The summed E-state index contributed by atoms with van der Waals surface area (Å²) in [5.74, 6) is 0.407. The number of piperazine rings is 1. The number of sulfonamides is 1. The molecule has 5 rings (SSSR count). The van der Waals surface area contributed by atoms with Gasteiger partial charge in [-0.25, -0.2) is 18.4 Å². The third-order valence-electron chi connectivity index (χ3n) is 6.06. The molecule has 1 aliphatic heterocycles.